The van der Waals surface area contributed by atoms with Crippen molar-refractivity contribution in [2.24, 2.45) is 0 Å². The lowest BCUT2D eigenvalue weighted by atomic mass is 10.1. The molecule has 2 aliphatic heterocycles. The van der Waals surface area contributed by atoms with Crippen molar-refractivity contribution in [3.8, 4) is 0 Å². The van der Waals surface area contributed by atoms with Crippen LogP contribution >= 0.6 is 11.8 Å². The van der Waals surface area contributed by atoms with Crippen LogP contribution in [-0.4, -0.2) is 35.9 Å². The molecule has 2 fully saturated rings. The van der Waals surface area contributed by atoms with E-state index in [1.807, 2.05) is 0 Å². The molecule has 2 nitrogen and oxygen atoms in total. The molecule has 3 heteroatoms. The highest BCUT2D eigenvalue weighted by molar-refractivity contribution is 8.00. The third kappa shape index (κ3) is 3.74. The molecule has 0 spiro atoms. The van der Waals surface area contributed by atoms with Gasteiger partial charge in [0.1, 0.15) is 0 Å². The van der Waals surface area contributed by atoms with E-state index in [-0.39, 0.29) is 0 Å². The maximum absolute atomic E-state index is 3.72. The molecule has 0 radical (unpaired) electrons. The van der Waals surface area contributed by atoms with Gasteiger partial charge in [-0.1, -0.05) is 24.6 Å². The number of nitrogens with zero attached hydrogens (tertiary/aromatic N) is 1. The van der Waals surface area contributed by atoms with Crippen LogP contribution in [0.5, 0.6) is 0 Å². The standard InChI is InChI=1S/C16H24N2S/c1-3-7-14(8-4-1)19-15-9-10-17-16(13-15)18-11-5-2-6-12-18/h1,3-4,7-8,15-17H,2,5-6,9-13H2. The van der Waals surface area contributed by atoms with E-state index in [0.29, 0.717) is 6.17 Å². The molecule has 1 N–H and O–H groups in total. The molecule has 0 aliphatic carbocycles. The molecule has 19 heavy (non-hydrogen) atoms. The topological polar surface area (TPSA) is 15.3 Å². The van der Waals surface area contributed by atoms with E-state index in [4.69, 9.17) is 0 Å². The van der Waals surface area contributed by atoms with Crippen molar-refractivity contribution in [2.75, 3.05) is 19.6 Å². The van der Waals surface area contributed by atoms with E-state index in [9.17, 15) is 0 Å². The van der Waals surface area contributed by atoms with E-state index >= 15 is 0 Å². The maximum Gasteiger partial charge on any atom is 0.0607 e. The molecule has 2 aliphatic rings. The first-order chi connectivity index (χ1) is 9.42. The lowest BCUT2D eigenvalue weighted by Gasteiger charge is -2.39. The Morgan fingerprint density at radius 1 is 1.05 bits per heavy atom. The average molecular weight is 276 g/mol. The molecule has 2 saturated heterocycles. The first-order valence-electron chi connectivity index (χ1n) is 7.61. The van der Waals surface area contributed by atoms with Gasteiger partial charge in [0.05, 0.1) is 6.17 Å². The van der Waals surface area contributed by atoms with E-state index in [1.165, 1.54) is 56.6 Å². The Morgan fingerprint density at radius 3 is 2.63 bits per heavy atom. The lowest BCUT2D eigenvalue weighted by Crippen LogP contribution is -2.52. The van der Waals surface area contributed by atoms with Gasteiger partial charge in [-0.15, -0.1) is 11.8 Å². The molecule has 3 rings (SSSR count). The van der Waals surface area contributed by atoms with Gasteiger partial charge in [-0.05, 0) is 57.5 Å². The molecule has 2 atom stereocenters. The number of hydrogen-bond donors (Lipinski definition) is 1. The number of hydrogen-bond acceptors (Lipinski definition) is 3. The van der Waals surface area contributed by atoms with E-state index in [0.717, 1.165) is 5.25 Å². The third-order valence-electron chi connectivity index (χ3n) is 4.21. The largest absolute Gasteiger partial charge is 0.302 e. The van der Waals surface area contributed by atoms with Crippen LogP contribution in [0.4, 0.5) is 0 Å². The van der Waals surface area contributed by atoms with Crippen molar-refractivity contribution in [3.63, 3.8) is 0 Å². The predicted molar refractivity (Wildman–Crippen MR) is 82.5 cm³/mol. The molecule has 1 aromatic rings. The van der Waals surface area contributed by atoms with Crippen LogP contribution in [0.15, 0.2) is 35.2 Å². The van der Waals surface area contributed by atoms with Crippen LogP contribution in [0, 0.1) is 0 Å². The summed E-state index contributed by atoms with van der Waals surface area (Å²) in [5.41, 5.74) is 0. The zero-order valence-corrected chi connectivity index (χ0v) is 12.4. The predicted octanol–water partition coefficient (Wildman–Crippen LogP) is 3.34. The average Bonchev–Trinajstić information content (AvgIpc) is 2.49. The fraction of sp³-hybridized carbons (Fsp3) is 0.625. The van der Waals surface area contributed by atoms with Crippen molar-refractivity contribution in [1.29, 1.82) is 0 Å². The van der Waals surface area contributed by atoms with Crippen molar-refractivity contribution < 1.29 is 0 Å². The molecular formula is C16H24N2S. The first kappa shape index (κ1) is 13.5. The Balaban J connectivity index is 1.55. The Kier molecular flexibility index (Phi) is 4.81. The number of thioether (sulfide) groups is 1. The summed E-state index contributed by atoms with van der Waals surface area (Å²) in [4.78, 5) is 4.09. The monoisotopic (exact) mass is 276 g/mol. The van der Waals surface area contributed by atoms with E-state index < -0.39 is 0 Å². The minimum absolute atomic E-state index is 0.621. The number of piperidine rings is 2. The molecular weight excluding hydrogens is 252 g/mol. The van der Waals surface area contributed by atoms with Crippen LogP contribution in [0.3, 0.4) is 0 Å². The molecule has 0 aromatic heterocycles. The fourth-order valence-electron chi connectivity index (χ4n) is 3.17. The molecule has 2 unspecified atom stereocenters. The Morgan fingerprint density at radius 2 is 1.84 bits per heavy atom. The number of likely N-dealkylation sites (tertiary alicyclic amines) is 1. The van der Waals surface area contributed by atoms with Crippen molar-refractivity contribution in [1.82, 2.24) is 10.2 Å². The smallest absolute Gasteiger partial charge is 0.0607 e. The minimum Gasteiger partial charge on any atom is -0.302 e. The van der Waals surface area contributed by atoms with Gasteiger partial charge >= 0.3 is 0 Å². The summed E-state index contributed by atoms with van der Waals surface area (Å²) in [5.74, 6) is 0. The Labute approximate surface area is 121 Å². The summed E-state index contributed by atoms with van der Waals surface area (Å²) < 4.78 is 0. The minimum atomic E-state index is 0.621. The summed E-state index contributed by atoms with van der Waals surface area (Å²) in [5, 5.41) is 4.49. The van der Waals surface area contributed by atoms with Crippen molar-refractivity contribution >= 4 is 11.8 Å². The zero-order chi connectivity index (χ0) is 12.9. The first-order valence-corrected chi connectivity index (χ1v) is 8.49. The van der Waals surface area contributed by atoms with Crippen LogP contribution in [0.1, 0.15) is 32.1 Å². The zero-order valence-electron chi connectivity index (χ0n) is 11.6. The van der Waals surface area contributed by atoms with E-state index in [2.05, 4.69) is 52.3 Å². The van der Waals surface area contributed by atoms with Gasteiger partial charge in [0.25, 0.3) is 0 Å². The fourth-order valence-corrected chi connectivity index (χ4v) is 4.38. The summed E-state index contributed by atoms with van der Waals surface area (Å²) in [6, 6.07) is 10.9. The quantitative estimate of drug-likeness (QED) is 0.911. The Hall–Kier alpha value is -0.510. The molecule has 0 bridgehead atoms. The van der Waals surface area contributed by atoms with Crippen LogP contribution in [-0.2, 0) is 0 Å². The van der Waals surface area contributed by atoms with Gasteiger partial charge in [-0.25, -0.2) is 0 Å². The number of rotatable bonds is 3. The van der Waals surface area contributed by atoms with Crippen molar-refractivity contribution in [2.45, 2.75) is 48.4 Å². The maximum atomic E-state index is 3.72. The van der Waals surface area contributed by atoms with Gasteiger partial charge < -0.3 is 5.32 Å². The van der Waals surface area contributed by atoms with Gasteiger partial charge in [-0.3, -0.25) is 4.90 Å². The van der Waals surface area contributed by atoms with Gasteiger partial charge in [0.15, 0.2) is 0 Å². The van der Waals surface area contributed by atoms with Crippen LogP contribution < -0.4 is 5.32 Å². The molecule has 1 aromatic carbocycles. The third-order valence-corrected chi connectivity index (χ3v) is 5.52. The second-order valence-electron chi connectivity index (χ2n) is 5.64. The highest BCUT2D eigenvalue weighted by Crippen LogP contribution is 2.31. The molecule has 0 amide bonds. The highest BCUT2D eigenvalue weighted by Gasteiger charge is 2.27. The second-order valence-corrected chi connectivity index (χ2v) is 7.02. The van der Waals surface area contributed by atoms with Gasteiger partial charge in [0.2, 0.25) is 0 Å². The van der Waals surface area contributed by atoms with Crippen LogP contribution in [0.25, 0.3) is 0 Å². The normalized spacial score (nSPS) is 29.3. The van der Waals surface area contributed by atoms with Gasteiger partial charge in [-0.2, -0.15) is 0 Å². The molecule has 104 valence electrons. The van der Waals surface area contributed by atoms with Crippen molar-refractivity contribution in [3.05, 3.63) is 30.3 Å². The summed E-state index contributed by atoms with van der Waals surface area (Å²) in [7, 11) is 0. The molecule has 2 heterocycles. The highest BCUT2D eigenvalue weighted by atomic mass is 32.2. The second kappa shape index (κ2) is 6.78. The summed E-state index contributed by atoms with van der Waals surface area (Å²) >= 11 is 2.07. The van der Waals surface area contributed by atoms with Crippen LogP contribution in [0.2, 0.25) is 0 Å². The lowest BCUT2D eigenvalue weighted by molar-refractivity contribution is 0.116. The number of benzene rings is 1. The molecule has 0 saturated carbocycles. The SMILES string of the molecule is c1ccc(SC2CCNC(N3CCCCC3)C2)cc1. The Bertz CT molecular complexity index is 376. The van der Waals surface area contributed by atoms with E-state index in [1.54, 1.807) is 0 Å². The number of nitrogens with one attached hydrogen (secondary N) is 1. The summed E-state index contributed by atoms with van der Waals surface area (Å²) in [6.45, 7) is 3.76. The summed E-state index contributed by atoms with van der Waals surface area (Å²) in [6.07, 6.45) is 7.40. The van der Waals surface area contributed by atoms with Gasteiger partial charge in [0, 0.05) is 10.1 Å².